The molecular formula is C40H45N3. The minimum Gasteiger partial charge on any atom is -0.378 e. The lowest BCUT2D eigenvalue weighted by atomic mass is 9.83. The molecule has 2 N–H and O–H groups in total. The van der Waals surface area contributed by atoms with Gasteiger partial charge >= 0.3 is 0 Å². The van der Waals surface area contributed by atoms with Crippen LogP contribution in [-0.2, 0) is 12.8 Å². The van der Waals surface area contributed by atoms with Gasteiger partial charge < -0.3 is 10.6 Å². The molecule has 0 fully saturated rings. The third kappa shape index (κ3) is 5.91. The van der Waals surface area contributed by atoms with E-state index < -0.39 is 0 Å². The molecule has 43 heavy (non-hydrogen) atoms. The Morgan fingerprint density at radius 2 is 1.49 bits per heavy atom. The highest BCUT2D eigenvalue weighted by molar-refractivity contribution is 5.94. The van der Waals surface area contributed by atoms with E-state index in [-0.39, 0.29) is 6.04 Å². The van der Waals surface area contributed by atoms with Crippen LogP contribution in [0.2, 0.25) is 0 Å². The predicted molar refractivity (Wildman–Crippen MR) is 185 cm³/mol. The van der Waals surface area contributed by atoms with Gasteiger partial charge in [0.05, 0.1) is 22.9 Å². The summed E-state index contributed by atoms with van der Waals surface area (Å²) in [7, 11) is 0. The Bertz CT molecular complexity index is 1710. The van der Waals surface area contributed by atoms with Crippen LogP contribution in [0.15, 0.2) is 91.0 Å². The summed E-state index contributed by atoms with van der Waals surface area (Å²) in [5.41, 5.74) is 13.8. The van der Waals surface area contributed by atoms with Crippen molar-refractivity contribution in [2.75, 3.05) is 10.6 Å². The first-order chi connectivity index (χ1) is 20.9. The van der Waals surface area contributed by atoms with Crippen molar-refractivity contribution < 1.29 is 0 Å². The Labute approximate surface area is 257 Å². The van der Waals surface area contributed by atoms with Gasteiger partial charge in [-0.25, -0.2) is 4.98 Å². The summed E-state index contributed by atoms with van der Waals surface area (Å²) in [4.78, 5) is 5.40. The van der Waals surface area contributed by atoms with Crippen molar-refractivity contribution in [3.05, 3.63) is 119 Å². The standard InChI is InChI=1S/C40H45N3/c1-6-13-28-14-7-8-21-34(28)41-36-22-10-16-29-15-9-20-33(38(29)36)35-25-24-30-17-11-23-37(39(30)42-35)43-40-31(26(2)3)18-12-19-32(40)27(4)5/h7-9,11-12,14-15,17-21,23-27,36,41,43H,6,10,13,16,22H2,1-5H3. The largest absolute Gasteiger partial charge is 0.378 e. The van der Waals surface area contributed by atoms with Crippen molar-refractivity contribution in [2.24, 2.45) is 0 Å². The molecule has 3 nitrogen and oxygen atoms in total. The SMILES string of the molecule is CCCc1ccccc1NC1CCCc2cccc(-c3ccc4cccc(Nc5c(C(C)C)cccc5C(C)C)c4n3)c21. The molecule has 6 rings (SSSR count). The highest BCUT2D eigenvalue weighted by Gasteiger charge is 2.25. The maximum absolute atomic E-state index is 5.40. The fraction of sp³-hybridized carbons (Fsp3) is 0.325. The van der Waals surface area contributed by atoms with Crippen LogP contribution in [0.4, 0.5) is 17.1 Å². The summed E-state index contributed by atoms with van der Waals surface area (Å²) in [5, 5.41) is 9.00. The number of hydrogen-bond donors (Lipinski definition) is 2. The van der Waals surface area contributed by atoms with Gasteiger partial charge in [0.1, 0.15) is 0 Å². The third-order valence-corrected chi connectivity index (χ3v) is 8.98. The zero-order valence-electron chi connectivity index (χ0n) is 26.4. The second-order valence-corrected chi connectivity index (χ2v) is 12.7. The maximum Gasteiger partial charge on any atom is 0.0944 e. The number of fused-ring (bicyclic) bond motifs is 2. The predicted octanol–water partition coefficient (Wildman–Crippen LogP) is 11.3. The van der Waals surface area contributed by atoms with Crippen molar-refractivity contribution in [1.82, 2.24) is 4.98 Å². The van der Waals surface area contributed by atoms with E-state index in [0.29, 0.717) is 11.8 Å². The molecule has 1 unspecified atom stereocenters. The van der Waals surface area contributed by atoms with Crippen LogP contribution >= 0.6 is 0 Å². The summed E-state index contributed by atoms with van der Waals surface area (Å²) in [6, 6.07) is 33.5. The van der Waals surface area contributed by atoms with Crippen LogP contribution in [0, 0.1) is 0 Å². The average Bonchev–Trinajstić information content (AvgIpc) is 3.02. The third-order valence-electron chi connectivity index (χ3n) is 8.98. The molecule has 3 heteroatoms. The number of pyridine rings is 1. The lowest BCUT2D eigenvalue weighted by Crippen LogP contribution is -2.19. The maximum atomic E-state index is 5.40. The fourth-order valence-corrected chi connectivity index (χ4v) is 6.82. The molecule has 4 aromatic carbocycles. The number of anilines is 3. The van der Waals surface area contributed by atoms with Crippen LogP contribution in [0.3, 0.4) is 0 Å². The van der Waals surface area contributed by atoms with Gasteiger partial charge in [-0.3, -0.25) is 0 Å². The fourth-order valence-electron chi connectivity index (χ4n) is 6.82. The average molecular weight is 568 g/mol. The first kappa shape index (κ1) is 29.0. The van der Waals surface area contributed by atoms with E-state index in [1.807, 2.05) is 0 Å². The molecule has 0 aliphatic heterocycles. The van der Waals surface area contributed by atoms with E-state index in [0.717, 1.165) is 48.0 Å². The lowest BCUT2D eigenvalue weighted by molar-refractivity contribution is 0.601. The Morgan fingerprint density at radius 1 is 0.767 bits per heavy atom. The number of hydrogen-bond acceptors (Lipinski definition) is 3. The van der Waals surface area contributed by atoms with Gasteiger partial charge in [-0.2, -0.15) is 0 Å². The lowest BCUT2D eigenvalue weighted by Gasteiger charge is -2.30. The van der Waals surface area contributed by atoms with Gasteiger partial charge in [0.15, 0.2) is 0 Å². The van der Waals surface area contributed by atoms with Crippen LogP contribution in [-0.4, -0.2) is 4.98 Å². The van der Waals surface area contributed by atoms with E-state index in [1.165, 1.54) is 51.2 Å². The quantitative estimate of drug-likeness (QED) is 0.186. The minimum atomic E-state index is 0.260. The monoisotopic (exact) mass is 567 g/mol. The minimum absolute atomic E-state index is 0.260. The first-order valence-electron chi connectivity index (χ1n) is 16.2. The van der Waals surface area contributed by atoms with Gasteiger partial charge in [-0.1, -0.05) is 114 Å². The molecule has 0 amide bonds. The molecule has 0 saturated heterocycles. The van der Waals surface area contributed by atoms with Gasteiger partial charge in [-0.15, -0.1) is 0 Å². The highest BCUT2D eigenvalue weighted by Crippen LogP contribution is 2.41. The summed E-state index contributed by atoms with van der Waals surface area (Å²) in [6.45, 7) is 11.3. The summed E-state index contributed by atoms with van der Waals surface area (Å²) < 4.78 is 0. The van der Waals surface area contributed by atoms with E-state index in [9.17, 15) is 0 Å². The molecule has 1 aliphatic carbocycles. The first-order valence-corrected chi connectivity index (χ1v) is 16.2. The van der Waals surface area contributed by atoms with Crippen molar-refractivity contribution in [3.63, 3.8) is 0 Å². The highest BCUT2D eigenvalue weighted by atomic mass is 14.9. The van der Waals surface area contributed by atoms with Crippen molar-refractivity contribution >= 4 is 28.0 Å². The molecule has 220 valence electrons. The number of aryl methyl sites for hydroxylation is 2. The number of para-hydroxylation sites is 3. The summed E-state index contributed by atoms with van der Waals surface area (Å²) >= 11 is 0. The van der Waals surface area contributed by atoms with Gasteiger partial charge in [0, 0.05) is 22.3 Å². The van der Waals surface area contributed by atoms with Gasteiger partial charge in [0.2, 0.25) is 0 Å². The van der Waals surface area contributed by atoms with Crippen LogP contribution in [0.5, 0.6) is 0 Å². The molecule has 1 aromatic heterocycles. The molecular weight excluding hydrogens is 522 g/mol. The number of aromatic nitrogens is 1. The number of nitrogens with zero attached hydrogens (tertiary/aromatic N) is 1. The Hall–Kier alpha value is -4.11. The van der Waals surface area contributed by atoms with E-state index in [1.54, 1.807) is 0 Å². The topological polar surface area (TPSA) is 37.0 Å². The van der Waals surface area contributed by atoms with Crippen molar-refractivity contribution in [3.8, 4) is 11.3 Å². The molecule has 1 heterocycles. The molecule has 1 aliphatic rings. The molecule has 0 spiro atoms. The van der Waals surface area contributed by atoms with Gasteiger partial charge in [0.25, 0.3) is 0 Å². The van der Waals surface area contributed by atoms with E-state index in [4.69, 9.17) is 4.98 Å². The van der Waals surface area contributed by atoms with Crippen LogP contribution < -0.4 is 10.6 Å². The smallest absolute Gasteiger partial charge is 0.0944 e. The van der Waals surface area contributed by atoms with Crippen molar-refractivity contribution in [1.29, 1.82) is 0 Å². The second kappa shape index (κ2) is 12.6. The molecule has 0 bridgehead atoms. The molecule has 5 aromatic rings. The zero-order chi connectivity index (χ0) is 29.9. The van der Waals surface area contributed by atoms with Gasteiger partial charge in [-0.05, 0) is 83.5 Å². The number of nitrogens with one attached hydrogen (secondary N) is 2. The second-order valence-electron chi connectivity index (χ2n) is 12.7. The molecule has 0 radical (unpaired) electrons. The summed E-state index contributed by atoms with van der Waals surface area (Å²) in [5.74, 6) is 0.838. The Balaban J connectivity index is 1.43. The van der Waals surface area contributed by atoms with E-state index in [2.05, 4.69) is 136 Å². The number of rotatable bonds is 9. The zero-order valence-corrected chi connectivity index (χ0v) is 26.4. The van der Waals surface area contributed by atoms with Crippen LogP contribution in [0.25, 0.3) is 22.2 Å². The molecule has 0 saturated carbocycles. The van der Waals surface area contributed by atoms with Crippen molar-refractivity contribution in [2.45, 2.75) is 84.6 Å². The normalized spacial score (nSPS) is 14.7. The molecule has 1 atom stereocenters. The Kier molecular flexibility index (Phi) is 8.51. The van der Waals surface area contributed by atoms with Crippen LogP contribution in [0.1, 0.15) is 99.6 Å². The number of benzene rings is 4. The van der Waals surface area contributed by atoms with E-state index >= 15 is 0 Å². The summed E-state index contributed by atoms with van der Waals surface area (Å²) in [6.07, 6.45) is 5.65. The Morgan fingerprint density at radius 3 is 2.26 bits per heavy atom.